The van der Waals surface area contributed by atoms with Gasteiger partial charge in [0.15, 0.2) is 0 Å². The molecule has 1 aliphatic heterocycles. The standard InChI is InChI=1S/C5H12N2O/c6-1-4-2-7-3-5(4)8/h4-5,7-8H,1-3,6H2/t4-,5+/m1/s1. The third-order valence-electron chi connectivity index (χ3n) is 1.61. The van der Waals surface area contributed by atoms with Crippen LogP contribution in [0, 0.1) is 5.92 Å². The number of nitrogens with two attached hydrogens (primary N) is 1. The molecular formula is C5H12N2O. The van der Waals surface area contributed by atoms with Crippen molar-refractivity contribution in [3.8, 4) is 0 Å². The largest absolute Gasteiger partial charge is 0.391 e. The molecule has 1 fully saturated rings. The quantitative estimate of drug-likeness (QED) is 0.392. The molecule has 2 atom stereocenters. The summed E-state index contributed by atoms with van der Waals surface area (Å²) >= 11 is 0. The molecule has 0 saturated carbocycles. The lowest BCUT2D eigenvalue weighted by Crippen LogP contribution is -2.25. The highest BCUT2D eigenvalue weighted by Crippen LogP contribution is 2.04. The Labute approximate surface area is 48.9 Å². The first-order valence-corrected chi connectivity index (χ1v) is 2.93. The fourth-order valence-electron chi connectivity index (χ4n) is 0.960. The lowest BCUT2D eigenvalue weighted by Gasteiger charge is -2.07. The molecular weight excluding hydrogens is 104 g/mol. The van der Waals surface area contributed by atoms with E-state index in [-0.39, 0.29) is 12.0 Å². The Kier molecular flexibility index (Phi) is 1.83. The minimum absolute atomic E-state index is 0.208. The van der Waals surface area contributed by atoms with Gasteiger partial charge in [0.2, 0.25) is 0 Å². The van der Waals surface area contributed by atoms with Gasteiger partial charge < -0.3 is 16.2 Å². The van der Waals surface area contributed by atoms with Crippen LogP contribution in [-0.2, 0) is 0 Å². The Morgan fingerprint density at radius 2 is 2.38 bits per heavy atom. The molecule has 1 saturated heterocycles. The van der Waals surface area contributed by atoms with E-state index in [2.05, 4.69) is 5.32 Å². The van der Waals surface area contributed by atoms with Gasteiger partial charge in [0, 0.05) is 19.0 Å². The third-order valence-corrected chi connectivity index (χ3v) is 1.61. The van der Waals surface area contributed by atoms with Gasteiger partial charge in [-0.1, -0.05) is 0 Å². The van der Waals surface area contributed by atoms with E-state index < -0.39 is 0 Å². The molecule has 0 amide bonds. The summed E-state index contributed by atoms with van der Waals surface area (Å²) in [5.41, 5.74) is 5.32. The highest BCUT2D eigenvalue weighted by Gasteiger charge is 2.22. The van der Waals surface area contributed by atoms with Crippen LogP contribution in [0.15, 0.2) is 0 Å². The van der Waals surface area contributed by atoms with Crippen LogP contribution in [0.1, 0.15) is 0 Å². The Morgan fingerprint density at radius 3 is 2.62 bits per heavy atom. The van der Waals surface area contributed by atoms with Crippen LogP contribution in [0.4, 0.5) is 0 Å². The van der Waals surface area contributed by atoms with Crippen LogP contribution in [0.3, 0.4) is 0 Å². The number of aliphatic hydroxyl groups excluding tert-OH is 1. The molecule has 4 N–H and O–H groups in total. The molecule has 0 radical (unpaired) electrons. The van der Waals surface area contributed by atoms with Crippen molar-refractivity contribution in [1.29, 1.82) is 0 Å². The minimum atomic E-state index is -0.208. The normalized spacial score (nSPS) is 38.2. The first-order chi connectivity index (χ1) is 3.84. The number of nitrogens with one attached hydrogen (secondary N) is 1. The zero-order chi connectivity index (χ0) is 5.98. The summed E-state index contributed by atoms with van der Waals surface area (Å²) in [7, 11) is 0. The molecule has 0 aromatic carbocycles. The van der Waals surface area contributed by atoms with Gasteiger partial charge in [-0.3, -0.25) is 0 Å². The number of rotatable bonds is 1. The van der Waals surface area contributed by atoms with Crippen LogP contribution in [0.5, 0.6) is 0 Å². The van der Waals surface area contributed by atoms with Gasteiger partial charge in [-0.05, 0) is 6.54 Å². The molecule has 1 rings (SSSR count). The fourth-order valence-corrected chi connectivity index (χ4v) is 0.960. The van der Waals surface area contributed by atoms with Crippen molar-refractivity contribution >= 4 is 0 Å². The van der Waals surface area contributed by atoms with Crippen molar-refractivity contribution in [2.24, 2.45) is 11.7 Å². The lowest BCUT2D eigenvalue weighted by molar-refractivity contribution is 0.151. The van der Waals surface area contributed by atoms with Gasteiger partial charge in [0.25, 0.3) is 0 Å². The summed E-state index contributed by atoms with van der Waals surface area (Å²) in [6.45, 7) is 2.17. The molecule has 3 nitrogen and oxygen atoms in total. The van der Waals surface area contributed by atoms with Crippen LogP contribution >= 0.6 is 0 Å². The Hall–Kier alpha value is -0.120. The maximum atomic E-state index is 9.05. The zero-order valence-electron chi connectivity index (χ0n) is 4.80. The van der Waals surface area contributed by atoms with Gasteiger partial charge in [-0.25, -0.2) is 0 Å². The Balaban J connectivity index is 2.30. The third kappa shape index (κ3) is 0.992. The van der Waals surface area contributed by atoms with E-state index in [1.165, 1.54) is 0 Å². The average Bonchev–Trinajstić information content (AvgIpc) is 2.14. The Bertz CT molecular complexity index is 76.8. The van der Waals surface area contributed by atoms with Crippen molar-refractivity contribution in [3.05, 3.63) is 0 Å². The topological polar surface area (TPSA) is 58.3 Å². The molecule has 48 valence electrons. The molecule has 1 heterocycles. The van der Waals surface area contributed by atoms with Crippen molar-refractivity contribution in [3.63, 3.8) is 0 Å². The van der Waals surface area contributed by atoms with Crippen molar-refractivity contribution < 1.29 is 5.11 Å². The van der Waals surface area contributed by atoms with Crippen molar-refractivity contribution in [2.75, 3.05) is 19.6 Å². The highest BCUT2D eigenvalue weighted by atomic mass is 16.3. The van der Waals surface area contributed by atoms with E-state index >= 15 is 0 Å². The van der Waals surface area contributed by atoms with Crippen LogP contribution in [0.2, 0.25) is 0 Å². The fraction of sp³-hybridized carbons (Fsp3) is 1.00. The SMILES string of the molecule is NC[C@@H]1CNC[C@@H]1O. The molecule has 0 aliphatic carbocycles. The molecule has 1 aliphatic rings. The number of β-amino-alcohol motifs (C(OH)–C–C–N with tert-alkyl or cyclic N) is 1. The van der Waals surface area contributed by atoms with E-state index in [9.17, 15) is 0 Å². The molecule has 0 aromatic heterocycles. The van der Waals surface area contributed by atoms with E-state index in [0.717, 1.165) is 6.54 Å². The molecule has 0 spiro atoms. The summed E-state index contributed by atoms with van der Waals surface area (Å²) in [5, 5.41) is 12.1. The Morgan fingerprint density at radius 1 is 1.62 bits per heavy atom. The molecule has 8 heavy (non-hydrogen) atoms. The molecule has 0 unspecified atom stereocenters. The number of aliphatic hydroxyl groups is 1. The summed E-state index contributed by atoms with van der Waals surface area (Å²) in [4.78, 5) is 0. The van der Waals surface area contributed by atoms with Crippen LogP contribution in [0.25, 0.3) is 0 Å². The average molecular weight is 116 g/mol. The molecule has 0 bridgehead atoms. The monoisotopic (exact) mass is 116 g/mol. The number of hydrogen-bond donors (Lipinski definition) is 3. The molecule has 3 heteroatoms. The van der Waals surface area contributed by atoms with E-state index in [1.54, 1.807) is 0 Å². The second-order valence-corrected chi connectivity index (χ2v) is 2.22. The van der Waals surface area contributed by atoms with E-state index in [1.807, 2.05) is 0 Å². The molecule has 0 aromatic rings. The predicted molar refractivity (Wildman–Crippen MR) is 31.4 cm³/mol. The van der Waals surface area contributed by atoms with Gasteiger partial charge in [-0.2, -0.15) is 0 Å². The van der Waals surface area contributed by atoms with Gasteiger partial charge in [-0.15, -0.1) is 0 Å². The van der Waals surface area contributed by atoms with Gasteiger partial charge in [0.1, 0.15) is 0 Å². The van der Waals surface area contributed by atoms with E-state index in [4.69, 9.17) is 10.8 Å². The van der Waals surface area contributed by atoms with Gasteiger partial charge >= 0.3 is 0 Å². The summed E-state index contributed by atoms with van der Waals surface area (Å²) < 4.78 is 0. The summed E-state index contributed by atoms with van der Waals surface area (Å²) in [6.07, 6.45) is -0.208. The lowest BCUT2D eigenvalue weighted by atomic mass is 10.1. The van der Waals surface area contributed by atoms with Crippen molar-refractivity contribution in [2.45, 2.75) is 6.10 Å². The first-order valence-electron chi connectivity index (χ1n) is 2.93. The smallest absolute Gasteiger partial charge is 0.0716 e. The first kappa shape index (κ1) is 6.01. The second-order valence-electron chi connectivity index (χ2n) is 2.22. The van der Waals surface area contributed by atoms with Gasteiger partial charge in [0.05, 0.1) is 6.10 Å². The van der Waals surface area contributed by atoms with Crippen LogP contribution in [-0.4, -0.2) is 30.8 Å². The zero-order valence-corrected chi connectivity index (χ0v) is 4.80. The maximum Gasteiger partial charge on any atom is 0.0716 e. The maximum absolute atomic E-state index is 9.05. The van der Waals surface area contributed by atoms with E-state index in [0.29, 0.717) is 13.1 Å². The predicted octanol–water partition coefficient (Wildman–Crippen LogP) is -1.47. The van der Waals surface area contributed by atoms with Crippen molar-refractivity contribution in [1.82, 2.24) is 5.32 Å². The minimum Gasteiger partial charge on any atom is -0.391 e. The highest BCUT2D eigenvalue weighted by molar-refractivity contribution is 4.80. The second kappa shape index (κ2) is 2.44. The van der Waals surface area contributed by atoms with Crippen LogP contribution < -0.4 is 11.1 Å². The number of hydrogen-bond acceptors (Lipinski definition) is 3. The summed E-state index contributed by atoms with van der Waals surface area (Å²) in [5.74, 6) is 0.287. The summed E-state index contributed by atoms with van der Waals surface area (Å²) in [6, 6.07) is 0.